The molecule has 0 aliphatic carbocycles. The van der Waals surface area contributed by atoms with Crippen LogP contribution in [-0.4, -0.2) is 22.6 Å². The second-order valence-electron chi connectivity index (χ2n) is 3.38. The number of ether oxygens (including phenoxy) is 1. The first-order valence-corrected chi connectivity index (χ1v) is 5.86. The summed E-state index contributed by atoms with van der Waals surface area (Å²) in [5.74, 6) is 0. The molecule has 0 aromatic carbocycles. The lowest BCUT2D eigenvalue weighted by Gasteiger charge is -2.11. The van der Waals surface area contributed by atoms with E-state index in [2.05, 4.69) is 28.0 Å². The van der Waals surface area contributed by atoms with Crippen LogP contribution in [0.1, 0.15) is 26.0 Å². The van der Waals surface area contributed by atoms with Gasteiger partial charge < -0.3 is 4.74 Å². The average Bonchev–Trinajstić information content (AvgIpc) is 2.57. The van der Waals surface area contributed by atoms with Gasteiger partial charge in [-0.25, -0.2) is 4.39 Å². The van der Waals surface area contributed by atoms with Crippen molar-refractivity contribution in [2.24, 2.45) is 0 Å². The molecule has 0 spiro atoms. The van der Waals surface area contributed by atoms with Gasteiger partial charge in [-0.3, -0.25) is 4.68 Å². The topological polar surface area (TPSA) is 27.1 Å². The zero-order valence-electron chi connectivity index (χ0n) is 9.04. The lowest BCUT2D eigenvalue weighted by molar-refractivity contribution is 0.0461. The standard InChI is InChI=1S/C10H16BrFN2O/c1-3-8(2)15-7-10-9(11)6-13-14(10)5-4-12/h6,8H,3-5,7H2,1-2H3/t8-/m1/s1. The average molecular weight is 279 g/mol. The fourth-order valence-electron chi connectivity index (χ4n) is 1.14. The molecule has 0 radical (unpaired) electrons. The first kappa shape index (κ1) is 12.6. The van der Waals surface area contributed by atoms with Crippen molar-refractivity contribution in [1.82, 2.24) is 9.78 Å². The van der Waals surface area contributed by atoms with Crippen LogP contribution < -0.4 is 0 Å². The Bertz CT molecular complexity index is 304. The summed E-state index contributed by atoms with van der Waals surface area (Å²) in [6, 6.07) is 0. The Balaban J connectivity index is 2.61. The number of hydrogen-bond acceptors (Lipinski definition) is 2. The first-order valence-electron chi connectivity index (χ1n) is 5.06. The quantitative estimate of drug-likeness (QED) is 0.800. The highest BCUT2D eigenvalue weighted by Gasteiger charge is 2.10. The van der Waals surface area contributed by atoms with Gasteiger partial charge in [-0.15, -0.1) is 0 Å². The number of nitrogens with zero attached hydrogens (tertiary/aromatic N) is 2. The van der Waals surface area contributed by atoms with E-state index in [1.165, 1.54) is 0 Å². The van der Waals surface area contributed by atoms with Gasteiger partial charge in [-0.1, -0.05) is 6.92 Å². The highest BCUT2D eigenvalue weighted by atomic mass is 79.9. The smallest absolute Gasteiger partial charge is 0.109 e. The minimum atomic E-state index is -0.412. The third-order valence-corrected chi connectivity index (χ3v) is 2.94. The Morgan fingerprint density at radius 3 is 3.00 bits per heavy atom. The van der Waals surface area contributed by atoms with E-state index in [0.29, 0.717) is 6.61 Å². The molecule has 1 aromatic heterocycles. The zero-order valence-corrected chi connectivity index (χ0v) is 10.6. The summed E-state index contributed by atoms with van der Waals surface area (Å²) in [4.78, 5) is 0. The number of rotatable bonds is 6. The predicted molar refractivity (Wildman–Crippen MR) is 60.4 cm³/mol. The Morgan fingerprint density at radius 2 is 2.40 bits per heavy atom. The van der Waals surface area contributed by atoms with Gasteiger partial charge in [0.25, 0.3) is 0 Å². The van der Waals surface area contributed by atoms with Crippen LogP contribution in [0.3, 0.4) is 0 Å². The van der Waals surface area contributed by atoms with Crippen LogP contribution in [-0.2, 0) is 17.9 Å². The molecular formula is C10H16BrFN2O. The summed E-state index contributed by atoms with van der Waals surface area (Å²) in [6.07, 6.45) is 2.85. The zero-order chi connectivity index (χ0) is 11.3. The molecule has 15 heavy (non-hydrogen) atoms. The van der Waals surface area contributed by atoms with Gasteiger partial charge in [0.15, 0.2) is 0 Å². The van der Waals surface area contributed by atoms with Gasteiger partial charge in [-0.2, -0.15) is 5.10 Å². The lowest BCUT2D eigenvalue weighted by atomic mass is 10.3. The molecule has 1 atom stereocenters. The maximum absolute atomic E-state index is 12.2. The fourth-order valence-corrected chi connectivity index (χ4v) is 1.55. The first-order chi connectivity index (χ1) is 7.19. The highest BCUT2D eigenvalue weighted by Crippen LogP contribution is 2.17. The Morgan fingerprint density at radius 1 is 1.67 bits per heavy atom. The third-order valence-electron chi connectivity index (χ3n) is 2.27. The molecule has 1 aromatic rings. The van der Waals surface area contributed by atoms with Crippen molar-refractivity contribution in [3.63, 3.8) is 0 Å². The van der Waals surface area contributed by atoms with Crippen LogP contribution in [0, 0.1) is 0 Å². The van der Waals surface area contributed by atoms with Gasteiger partial charge in [0.2, 0.25) is 0 Å². The van der Waals surface area contributed by atoms with E-state index < -0.39 is 6.67 Å². The second kappa shape index (κ2) is 6.23. The molecule has 1 heterocycles. The van der Waals surface area contributed by atoms with E-state index >= 15 is 0 Å². The van der Waals surface area contributed by atoms with Crippen molar-refractivity contribution >= 4 is 15.9 Å². The Labute approximate surface area is 97.7 Å². The largest absolute Gasteiger partial charge is 0.372 e. The van der Waals surface area contributed by atoms with Crippen LogP contribution in [0.5, 0.6) is 0 Å². The van der Waals surface area contributed by atoms with Crippen LogP contribution >= 0.6 is 15.9 Å². The normalized spacial score (nSPS) is 13.1. The molecular weight excluding hydrogens is 263 g/mol. The number of halogens is 2. The van der Waals surface area contributed by atoms with Gasteiger partial charge in [-0.05, 0) is 29.3 Å². The molecule has 0 N–H and O–H groups in total. The Hall–Kier alpha value is -0.420. The van der Waals surface area contributed by atoms with E-state index in [9.17, 15) is 4.39 Å². The predicted octanol–water partition coefficient (Wildman–Crippen LogP) is 2.93. The molecule has 0 aliphatic rings. The van der Waals surface area contributed by atoms with Crippen molar-refractivity contribution in [3.8, 4) is 0 Å². The third kappa shape index (κ3) is 3.57. The molecule has 0 bridgehead atoms. The molecule has 1 rings (SSSR count). The van der Waals surface area contributed by atoms with E-state index in [1.54, 1.807) is 10.9 Å². The lowest BCUT2D eigenvalue weighted by Crippen LogP contribution is -2.12. The van der Waals surface area contributed by atoms with E-state index in [-0.39, 0.29) is 12.6 Å². The Kier molecular flexibility index (Phi) is 5.25. The molecule has 0 aliphatic heterocycles. The SMILES string of the molecule is CC[C@@H](C)OCc1c(Br)cnn1CCF. The van der Waals surface area contributed by atoms with Crippen molar-refractivity contribution in [3.05, 3.63) is 16.4 Å². The summed E-state index contributed by atoms with van der Waals surface area (Å²) in [7, 11) is 0. The summed E-state index contributed by atoms with van der Waals surface area (Å²) < 4.78 is 20.3. The maximum Gasteiger partial charge on any atom is 0.109 e. The highest BCUT2D eigenvalue weighted by molar-refractivity contribution is 9.10. The molecule has 0 saturated heterocycles. The molecule has 86 valence electrons. The van der Waals surface area contributed by atoms with E-state index in [0.717, 1.165) is 16.6 Å². The van der Waals surface area contributed by atoms with Gasteiger partial charge in [0.05, 0.1) is 35.6 Å². The minimum Gasteiger partial charge on any atom is -0.372 e. The number of aryl methyl sites for hydroxylation is 1. The molecule has 5 heteroatoms. The molecule has 3 nitrogen and oxygen atoms in total. The molecule has 0 amide bonds. The second-order valence-corrected chi connectivity index (χ2v) is 4.24. The van der Waals surface area contributed by atoms with Crippen molar-refractivity contribution in [1.29, 1.82) is 0 Å². The van der Waals surface area contributed by atoms with Crippen LogP contribution in [0.4, 0.5) is 4.39 Å². The number of hydrogen-bond donors (Lipinski definition) is 0. The molecule has 0 saturated carbocycles. The summed E-state index contributed by atoms with van der Waals surface area (Å²) in [5, 5.41) is 4.06. The van der Waals surface area contributed by atoms with Gasteiger partial charge in [0, 0.05) is 0 Å². The van der Waals surface area contributed by atoms with E-state index in [1.807, 2.05) is 6.92 Å². The monoisotopic (exact) mass is 278 g/mol. The van der Waals surface area contributed by atoms with Crippen LogP contribution in [0.2, 0.25) is 0 Å². The van der Waals surface area contributed by atoms with Crippen LogP contribution in [0.25, 0.3) is 0 Å². The van der Waals surface area contributed by atoms with E-state index in [4.69, 9.17) is 4.74 Å². The van der Waals surface area contributed by atoms with Gasteiger partial charge in [0.1, 0.15) is 6.67 Å². The molecule has 0 fully saturated rings. The van der Waals surface area contributed by atoms with Crippen molar-refractivity contribution < 1.29 is 9.13 Å². The summed E-state index contributed by atoms with van der Waals surface area (Å²) in [6.45, 7) is 4.42. The van der Waals surface area contributed by atoms with Gasteiger partial charge >= 0.3 is 0 Å². The van der Waals surface area contributed by atoms with Crippen molar-refractivity contribution in [2.75, 3.05) is 6.67 Å². The maximum atomic E-state index is 12.2. The van der Waals surface area contributed by atoms with Crippen LogP contribution in [0.15, 0.2) is 10.7 Å². The number of aromatic nitrogens is 2. The minimum absolute atomic E-state index is 0.214. The summed E-state index contributed by atoms with van der Waals surface area (Å²) >= 11 is 3.37. The number of alkyl halides is 1. The fraction of sp³-hybridized carbons (Fsp3) is 0.700. The molecule has 0 unspecified atom stereocenters. The van der Waals surface area contributed by atoms with Crippen molar-refractivity contribution in [2.45, 2.75) is 39.5 Å². The summed E-state index contributed by atoms with van der Waals surface area (Å²) in [5.41, 5.74) is 0.896.